The SMILES string of the molecule is O=C1c2cccc3cccc(c23)C(=O)N1CCCN1CCN(CCCN2C(=O)c3cccc4cccc(c34)C2=O)CC1. The van der Waals surface area contributed by atoms with Crippen molar-refractivity contribution in [1.82, 2.24) is 19.6 Å². The van der Waals surface area contributed by atoms with Crippen LogP contribution >= 0.6 is 0 Å². The van der Waals surface area contributed by atoms with Gasteiger partial charge in [0, 0.05) is 72.3 Å². The average Bonchev–Trinajstić information content (AvgIpc) is 3.02. The summed E-state index contributed by atoms with van der Waals surface area (Å²) in [6.45, 7) is 6.05. The highest BCUT2D eigenvalue weighted by Crippen LogP contribution is 2.31. The van der Waals surface area contributed by atoms with Crippen LogP contribution in [0.15, 0.2) is 72.8 Å². The minimum absolute atomic E-state index is 0.208. The molecule has 42 heavy (non-hydrogen) atoms. The van der Waals surface area contributed by atoms with Gasteiger partial charge in [-0.3, -0.25) is 29.0 Å². The Morgan fingerprint density at radius 2 is 0.738 bits per heavy atom. The number of nitrogens with zero attached hydrogens (tertiary/aromatic N) is 4. The normalized spacial score (nSPS) is 17.6. The van der Waals surface area contributed by atoms with Gasteiger partial charge in [0.1, 0.15) is 0 Å². The summed E-state index contributed by atoms with van der Waals surface area (Å²) in [5, 5.41) is 3.36. The zero-order chi connectivity index (χ0) is 28.8. The second kappa shape index (κ2) is 10.8. The minimum Gasteiger partial charge on any atom is -0.301 e. The Hall–Kier alpha value is -4.40. The molecule has 7 rings (SSSR count). The molecule has 0 saturated carbocycles. The third-order valence-electron chi connectivity index (χ3n) is 8.89. The van der Waals surface area contributed by atoms with Crippen molar-refractivity contribution < 1.29 is 19.2 Å². The summed E-state index contributed by atoms with van der Waals surface area (Å²) in [5.41, 5.74) is 2.41. The van der Waals surface area contributed by atoms with Crippen molar-refractivity contribution in [3.8, 4) is 0 Å². The molecule has 4 amide bonds. The first-order chi connectivity index (χ1) is 20.5. The van der Waals surface area contributed by atoms with Crippen LogP contribution in [0.25, 0.3) is 21.5 Å². The lowest BCUT2D eigenvalue weighted by Crippen LogP contribution is -2.48. The molecule has 1 fully saturated rings. The highest BCUT2D eigenvalue weighted by Gasteiger charge is 2.33. The Morgan fingerprint density at radius 3 is 1.05 bits per heavy atom. The number of hydrogen-bond donors (Lipinski definition) is 0. The molecule has 8 heteroatoms. The van der Waals surface area contributed by atoms with Crippen LogP contribution in [0.1, 0.15) is 54.3 Å². The molecule has 212 valence electrons. The maximum absolute atomic E-state index is 13.1. The lowest BCUT2D eigenvalue weighted by atomic mass is 9.94. The van der Waals surface area contributed by atoms with E-state index in [1.165, 1.54) is 9.80 Å². The maximum Gasteiger partial charge on any atom is 0.261 e. The van der Waals surface area contributed by atoms with Crippen molar-refractivity contribution >= 4 is 45.2 Å². The summed E-state index contributed by atoms with van der Waals surface area (Å²) in [6, 6.07) is 22.5. The molecule has 0 spiro atoms. The van der Waals surface area contributed by atoms with E-state index in [-0.39, 0.29) is 23.6 Å². The fraction of sp³-hybridized carbons (Fsp3) is 0.294. The van der Waals surface area contributed by atoms with Crippen LogP contribution in [-0.4, -0.2) is 95.6 Å². The molecule has 4 aromatic carbocycles. The number of imide groups is 2. The first kappa shape index (κ1) is 26.5. The van der Waals surface area contributed by atoms with Crippen molar-refractivity contribution in [2.75, 3.05) is 52.4 Å². The van der Waals surface area contributed by atoms with Gasteiger partial charge in [-0.1, -0.05) is 48.5 Å². The number of hydrogen-bond acceptors (Lipinski definition) is 6. The molecule has 4 aromatic rings. The molecule has 0 N–H and O–H groups in total. The van der Waals surface area contributed by atoms with Gasteiger partial charge in [0.2, 0.25) is 0 Å². The quantitative estimate of drug-likeness (QED) is 0.299. The molecule has 0 bridgehead atoms. The molecule has 3 aliphatic rings. The molecule has 1 saturated heterocycles. The summed E-state index contributed by atoms with van der Waals surface area (Å²) in [7, 11) is 0. The van der Waals surface area contributed by atoms with Gasteiger partial charge in [-0.15, -0.1) is 0 Å². The van der Waals surface area contributed by atoms with Gasteiger partial charge < -0.3 is 9.80 Å². The van der Waals surface area contributed by atoms with E-state index in [0.717, 1.165) is 73.7 Å². The highest BCUT2D eigenvalue weighted by atomic mass is 16.2. The number of benzene rings is 4. The molecule has 0 aliphatic carbocycles. The van der Waals surface area contributed by atoms with E-state index in [2.05, 4.69) is 9.80 Å². The van der Waals surface area contributed by atoms with Crippen molar-refractivity contribution in [2.45, 2.75) is 12.8 Å². The number of amides is 4. The maximum atomic E-state index is 13.1. The molecule has 0 unspecified atom stereocenters. The van der Waals surface area contributed by atoms with E-state index >= 15 is 0 Å². The van der Waals surface area contributed by atoms with Gasteiger partial charge in [0.05, 0.1) is 0 Å². The molecule has 0 atom stereocenters. The average molecular weight is 561 g/mol. The van der Waals surface area contributed by atoms with E-state index in [1.807, 2.05) is 72.8 Å². The zero-order valence-corrected chi connectivity index (χ0v) is 23.4. The van der Waals surface area contributed by atoms with Crippen LogP contribution in [-0.2, 0) is 0 Å². The number of piperazine rings is 1. The molecule has 0 aromatic heterocycles. The van der Waals surface area contributed by atoms with Gasteiger partial charge in [-0.05, 0) is 61.0 Å². The topological polar surface area (TPSA) is 81.2 Å². The lowest BCUT2D eigenvalue weighted by molar-refractivity contribution is 0.0573. The van der Waals surface area contributed by atoms with Gasteiger partial charge in [0.15, 0.2) is 0 Å². The molecule has 3 heterocycles. The van der Waals surface area contributed by atoms with Crippen molar-refractivity contribution in [1.29, 1.82) is 0 Å². The second-order valence-corrected chi connectivity index (χ2v) is 11.3. The van der Waals surface area contributed by atoms with E-state index in [0.29, 0.717) is 35.3 Å². The minimum atomic E-state index is -0.208. The predicted octanol–water partition coefficient (Wildman–Crippen LogP) is 4.28. The Morgan fingerprint density at radius 1 is 0.429 bits per heavy atom. The van der Waals surface area contributed by atoms with E-state index in [4.69, 9.17) is 0 Å². The fourth-order valence-corrected chi connectivity index (χ4v) is 6.71. The standard InChI is InChI=1S/C34H32N4O4/c39-31-25-11-1-7-23-8-2-12-26(29(23)25)32(40)37(31)17-5-15-35-19-21-36(22-20-35)16-6-18-38-33(41)27-13-3-9-24-10-4-14-28(30(24)27)34(38)42/h1-4,7-14H,5-6,15-22H2. The number of carbonyl (C=O) groups excluding carboxylic acids is 4. The summed E-state index contributed by atoms with van der Waals surface area (Å²) < 4.78 is 0. The Kier molecular flexibility index (Phi) is 6.80. The van der Waals surface area contributed by atoms with Gasteiger partial charge in [-0.25, -0.2) is 0 Å². The number of carbonyl (C=O) groups is 4. The Balaban J connectivity index is 0.882. The smallest absolute Gasteiger partial charge is 0.261 e. The van der Waals surface area contributed by atoms with Crippen LogP contribution in [0.3, 0.4) is 0 Å². The van der Waals surface area contributed by atoms with Crippen molar-refractivity contribution in [3.63, 3.8) is 0 Å². The number of rotatable bonds is 8. The molecule has 3 aliphatic heterocycles. The third kappa shape index (κ3) is 4.47. The summed E-state index contributed by atoms with van der Waals surface area (Å²) in [5.74, 6) is -0.833. The van der Waals surface area contributed by atoms with Gasteiger partial charge in [-0.2, -0.15) is 0 Å². The summed E-state index contributed by atoms with van der Waals surface area (Å²) >= 11 is 0. The van der Waals surface area contributed by atoms with E-state index in [1.54, 1.807) is 0 Å². The molecular weight excluding hydrogens is 528 g/mol. The largest absolute Gasteiger partial charge is 0.301 e. The monoisotopic (exact) mass is 560 g/mol. The van der Waals surface area contributed by atoms with Gasteiger partial charge in [0.25, 0.3) is 23.6 Å². The third-order valence-corrected chi connectivity index (χ3v) is 8.89. The van der Waals surface area contributed by atoms with Crippen LogP contribution in [0.4, 0.5) is 0 Å². The zero-order valence-electron chi connectivity index (χ0n) is 23.4. The highest BCUT2D eigenvalue weighted by molar-refractivity contribution is 6.26. The van der Waals surface area contributed by atoms with E-state index < -0.39 is 0 Å². The lowest BCUT2D eigenvalue weighted by Gasteiger charge is -2.35. The van der Waals surface area contributed by atoms with Crippen LogP contribution in [0.5, 0.6) is 0 Å². The first-order valence-electron chi connectivity index (χ1n) is 14.7. The Bertz CT molecular complexity index is 1530. The fourth-order valence-electron chi connectivity index (χ4n) is 6.71. The summed E-state index contributed by atoms with van der Waals surface area (Å²) in [4.78, 5) is 60.1. The van der Waals surface area contributed by atoms with Crippen molar-refractivity contribution in [3.05, 3.63) is 95.1 Å². The van der Waals surface area contributed by atoms with Crippen LogP contribution < -0.4 is 0 Å². The van der Waals surface area contributed by atoms with Gasteiger partial charge >= 0.3 is 0 Å². The molecule has 8 nitrogen and oxygen atoms in total. The van der Waals surface area contributed by atoms with Crippen LogP contribution in [0.2, 0.25) is 0 Å². The summed E-state index contributed by atoms with van der Waals surface area (Å²) in [6.07, 6.45) is 1.45. The van der Waals surface area contributed by atoms with Crippen LogP contribution in [0, 0.1) is 0 Å². The Labute approximate surface area is 244 Å². The second-order valence-electron chi connectivity index (χ2n) is 11.3. The first-order valence-corrected chi connectivity index (χ1v) is 14.7. The molecular formula is C34H32N4O4. The van der Waals surface area contributed by atoms with Crippen molar-refractivity contribution in [2.24, 2.45) is 0 Å². The predicted molar refractivity (Wildman–Crippen MR) is 161 cm³/mol. The molecule has 0 radical (unpaired) electrons. The van der Waals surface area contributed by atoms with E-state index in [9.17, 15) is 19.2 Å².